The summed E-state index contributed by atoms with van der Waals surface area (Å²) in [4.78, 5) is 0.271. The van der Waals surface area contributed by atoms with E-state index in [1.54, 1.807) is 19.1 Å². The van der Waals surface area contributed by atoms with Crippen molar-refractivity contribution in [1.29, 1.82) is 0 Å². The fourth-order valence-electron chi connectivity index (χ4n) is 2.34. The van der Waals surface area contributed by atoms with Crippen LogP contribution in [0, 0.1) is 6.92 Å². The summed E-state index contributed by atoms with van der Waals surface area (Å²) < 4.78 is 26.4. The molecule has 1 aliphatic heterocycles. The minimum atomic E-state index is -3.53. The molecular weight excluding hydrogens is 274 g/mol. The molecule has 1 aliphatic rings. The van der Waals surface area contributed by atoms with Crippen molar-refractivity contribution in [3.8, 4) is 0 Å². The third-order valence-electron chi connectivity index (χ3n) is 3.26. The highest BCUT2D eigenvalue weighted by Gasteiger charge is 2.35. The van der Waals surface area contributed by atoms with Crippen LogP contribution in [0.4, 0.5) is 0 Å². The molecule has 0 radical (unpaired) electrons. The molecule has 1 saturated heterocycles. The first-order chi connectivity index (χ1) is 8.46. The number of nitrogens with zero attached hydrogens (tertiary/aromatic N) is 1. The van der Waals surface area contributed by atoms with Gasteiger partial charge in [-0.2, -0.15) is 4.31 Å². The van der Waals surface area contributed by atoms with Crippen molar-refractivity contribution in [3.05, 3.63) is 28.8 Å². The normalized spacial score (nSPS) is 21.4. The lowest BCUT2D eigenvalue weighted by molar-refractivity contribution is 0.213. The third-order valence-corrected chi connectivity index (χ3v) is 5.60. The SMILES string of the molecule is Cc1cc(Cl)ccc1S(=O)(=O)N1CCCC1CO. The van der Waals surface area contributed by atoms with Gasteiger partial charge in [-0.3, -0.25) is 0 Å². The van der Waals surface area contributed by atoms with Gasteiger partial charge in [-0.25, -0.2) is 8.42 Å². The van der Waals surface area contributed by atoms with Crippen LogP contribution in [0.1, 0.15) is 18.4 Å². The van der Waals surface area contributed by atoms with Gasteiger partial charge in [0.05, 0.1) is 11.5 Å². The Hall–Kier alpha value is -0.620. The van der Waals surface area contributed by atoms with Crippen LogP contribution < -0.4 is 0 Å². The lowest BCUT2D eigenvalue weighted by Gasteiger charge is -2.23. The highest BCUT2D eigenvalue weighted by molar-refractivity contribution is 7.89. The Labute approximate surface area is 112 Å². The lowest BCUT2D eigenvalue weighted by atomic mass is 10.2. The van der Waals surface area contributed by atoms with E-state index in [1.807, 2.05) is 0 Å². The van der Waals surface area contributed by atoms with Gasteiger partial charge < -0.3 is 5.11 Å². The maximum absolute atomic E-state index is 12.5. The summed E-state index contributed by atoms with van der Waals surface area (Å²) in [7, 11) is -3.53. The van der Waals surface area contributed by atoms with Gasteiger partial charge >= 0.3 is 0 Å². The van der Waals surface area contributed by atoms with Crippen molar-refractivity contribution < 1.29 is 13.5 Å². The molecule has 0 bridgehead atoms. The fraction of sp³-hybridized carbons (Fsp3) is 0.500. The molecule has 1 aromatic rings. The van der Waals surface area contributed by atoms with Gasteiger partial charge in [0.25, 0.3) is 0 Å². The van der Waals surface area contributed by atoms with Crippen LogP contribution in [0.15, 0.2) is 23.1 Å². The molecule has 4 nitrogen and oxygen atoms in total. The molecule has 2 rings (SSSR count). The van der Waals surface area contributed by atoms with Crippen LogP contribution in [-0.4, -0.2) is 37.0 Å². The van der Waals surface area contributed by atoms with Crippen LogP contribution in [0.5, 0.6) is 0 Å². The number of hydrogen-bond acceptors (Lipinski definition) is 3. The quantitative estimate of drug-likeness (QED) is 0.923. The molecule has 0 saturated carbocycles. The molecule has 1 N–H and O–H groups in total. The summed E-state index contributed by atoms with van der Waals surface area (Å²) >= 11 is 5.83. The van der Waals surface area contributed by atoms with Crippen molar-refractivity contribution in [2.45, 2.75) is 30.7 Å². The predicted octanol–water partition coefficient (Wildman–Crippen LogP) is 1.79. The minimum absolute atomic E-state index is 0.133. The van der Waals surface area contributed by atoms with E-state index < -0.39 is 10.0 Å². The minimum Gasteiger partial charge on any atom is -0.395 e. The van der Waals surface area contributed by atoms with Gasteiger partial charge in [-0.15, -0.1) is 0 Å². The van der Waals surface area contributed by atoms with Crippen LogP contribution >= 0.6 is 11.6 Å². The van der Waals surface area contributed by atoms with Crippen molar-refractivity contribution in [2.24, 2.45) is 0 Å². The molecule has 0 aliphatic carbocycles. The standard InChI is InChI=1S/C12H16ClNO3S/c1-9-7-10(13)4-5-12(9)18(16,17)14-6-2-3-11(14)8-15/h4-5,7,11,15H,2-3,6,8H2,1H3. The number of hydrogen-bond donors (Lipinski definition) is 1. The second kappa shape index (κ2) is 5.17. The van der Waals surface area contributed by atoms with Crippen LogP contribution in [-0.2, 0) is 10.0 Å². The van der Waals surface area contributed by atoms with E-state index in [4.69, 9.17) is 11.6 Å². The average molecular weight is 290 g/mol. The molecule has 1 fully saturated rings. The first-order valence-electron chi connectivity index (χ1n) is 5.85. The average Bonchev–Trinajstić information content (AvgIpc) is 2.76. The fourth-order valence-corrected chi connectivity index (χ4v) is 4.46. The molecule has 0 aromatic heterocycles. The molecule has 0 amide bonds. The molecule has 100 valence electrons. The number of aryl methyl sites for hydroxylation is 1. The summed E-state index contributed by atoms with van der Waals surface area (Å²) in [6.07, 6.45) is 1.50. The molecule has 6 heteroatoms. The number of sulfonamides is 1. The van der Waals surface area contributed by atoms with E-state index in [0.29, 0.717) is 23.6 Å². The zero-order valence-corrected chi connectivity index (χ0v) is 11.7. The molecule has 1 atom stereocenters. The Bertz CT molecular complexity index is 544. The van der Waals surface area contributed by atoms with Gasteiger partial charge in [-0.1, -0.05) is 11.6 Å². The topological polar surface area (TPSA) is 57.6 Å². The third kappa shape index (κ3) is 2.40. The molecule has 18 heavy (non-hydrogen) atoms. The van der Waals surface area contributed by atoms with E-state index in [0.717, 1.165) is 6.42 Å². The van der Waals surface area contributed by atoms with E-state index >= 15 is 0 Å². The lowest BCUT2D eigenvalue weighted by Crippen LogP contribution is -2.37. The Kier molecular flexibility index (Phi) is 3.96. The van der Waals surface area contributed by atoms with Crippen molar-refractivity contribution in [2.75, 3.05) is 13.2 Å². The van der Waals surface area contributed by atoms with Crippen LogP contribution in [0.3, 0.4) is 0 Å². The first-order valence-corrected chi connectivity index (χ1v) is 7.67. The maximum atomic E-state index is 12.5. The largest absolute Gasteiger partial charge is 0.395 e. The molecular formula is C12H16ClNO3S. The summed E-state index contributed by atoms with van der Waals surface area (Å²) in [5, 5.41) is 9.75. The Morgan fingerprint density at radius 1 is 1.50 bits per heavy atom. The van der Waals surface area contributed by atoms with Crippen molar-refractivity contribution in [3.63, 3.8) is 0 Å². The number of benzene rings is 1. The van der Waals surface area contributed by atoms with Crippen molar-refractivity contribution >= 4 is 21.6 Å². The summed E-state index contributed by atoms with van der Waals surface area (Å²) in [6, 6.07) is 4.44. The van der Waals surface area contributed by atoms with E-state index in [1.165, 1.54) is 10.4 Å². The second-order valence-electron chi connectivity index (χ2n) is 4.50. The molecule has 1 unspecified atom stereocenters. The monoisotopic (exact) mass is 289 g/mol. The number of halogens is 1. The predicted molar refractivity (Wildman–Crippen MR) is 70.2 cm³/mol. The smallest absolute Gasteiger partial charge is 0.243 e. The Balaban J connectivity index is 2.42. The second-order valence-corrected chi connectivity index (χ2v) is 6.80. The number of rotatable bonds is 3. The van der Waals surface area contributed by atoms with E-state index in [9.17, 15) is 13.5 Å². The number of aliphatic hydroxyl groups is 1. The van der Waals surface area contributed by atoms with E-state index in [2.05, 4.69) is 0 Å². The highest BCUT2D eigenvalue weighted by atomic mass is 35.5. The molecule has 1 aromatic carbocycles. The molecule has 1 heterocycles. The van der Waals surface area contributed by atoms with Crippen LogP contribution in [0.2, 0.25) is 5.02 Å². The maximum Gasteiger partial charge on any atom is 0.243 e. The van der Waals surface area contributed by atoms with Gasteiger partial charge in [0.15, 0.2) is 0 Å². The zero-order chi connectivity index (χ0) is 13.3. The van der Waals surface area contributed by atoms with Crippen molar-refractivity contribution in [1.82, 2.24) is 4.31 Å². The van der Waals surface area contributed by atoms with Gasteiger partial charge in [0, 0.05) is 17.6 Å². The summed E-state index contributed by atoms with van der Waals surface area (Å²) in [6.45, 7) is 2.06. The van der Waals surface area contributed by atoms with Gasteiger partial charge in [0.2, 0.25) is 10.0 Å². The highest BCUT2D eigenvalue weighted by Crippen LogP contribution is 2.28. The summed E-state index contributed by atoms with van der Waals surface area (Å²) in [5.41, 5.74) is 0.631. The molecule has 0 spiro atoms. The Morgan fingerprint density at radius 3 is 2.83 bits per heavy atom. The van der Waals surface area contributed by atoms with E-state index in [-0.39, 0.29) is 17.5 Å². The van der Waals surface area contributed by atoms with Crippen LogP contribution in [0.25, 0.3) is 0 Å². The summed E-state index contributed by atoms with van der Waals surface area (Å²) in [5.74, 6) is 0. The zero-order valence-electron chi connectivity index (χ0n) is 10.1. The first kappa shape index (κ1) is 13.8. The van der Waals surface area contributed by atoms with Gasteiger partial charge in [-0.05, 0) is 43.5 Å². The Morgan fingerprint density at radius 2 is 2.22 bits per heavy atom. The number of aliphatic hydroxyl groups excluding tert-OH is 1. The van der Waals surface area contributed by atoms with Gasteiger partial charge in [0.1, 0.15) is 0 Å².